The molecule has 0 radical (unpaired) electrons. The third-order valence-corrected chi connectivity index (χ3v) is 23.7. The fraction of sp³-hybridized carbons (Fsp3) is 0.487. The van der Waals surface area contributed by atoms with Crippen molar-refractivity contribution in [3.63, 3.8) is 0 Å². The lowest BCUT2D eigenvalue weighted by Gasteiger charge is -2.37. The highest BCUT2D eigenvalue weighted by molar-refractivity contribution is 7.91. The van der Waals surface area contributed by atoms with Crippen molar-refractivity contribution in [2.75, 3.05) is 88.4 Å². The number of aromatic nitrogens is 12. The van der Waals surface area contributed by atoms with Crippen molar-refractivity contribution in [2.24, 2.45) is 0 Å². The molecule has 2 aliphatic heterocycles. The van der Waals surface area contributed by atoms with Crippen LogP contribution in [0.3, 0.4) is 0 Å². The Labute approximate surface area is 622 Å². The average molecular weight is 1510 g/mol. The number of sulfone groups is 2. The molecule has 2 saturated heterocycles. The third kappa shape index (κ3) is 20.1. The number of aliphatic hydroxyl groups is 2. The fourth-order valence-corrected chi connectivity index (χ4v) is 16.0. The molecular formula is C76H101F2N17O8S3. The molecular weight excluding hydrogens is 1410 g/mol. The number of piperidine rings is 2. The van der Waals surface area contributed by atoms with E-state index >= 15 is 8.78 Å². The molecule has 570 valence electrons. The molecule has 0 spiro atoms. The molecule has 30 heteroatoms. The molecule has 3 N–H and O–H groups in total. The number of hydrogen-bond donors (Lipinski definition) is 3. The van der Waals surface area contributed by atoms with Crippen LogP contribution in [0.25, 0.3) is 33.8 Å². The van der Waals surface area contributed by atoms with E-state index in [1.807, 2.05) is 122 Å². The topological polar surface area (TPSA) is 299 Å². The molecule has 25 nitrogen and oxygen atoms in total. The van der Waals surface area contributed by atoms with E-state index in [0.717, 1.165) is 116 Å². The van der Waals surface area contributed by atoms with Gasteiger partial charge in [0.05, 0.1) is 69.6 Å². The van der Waals surface area contributed by atoms with Gasteiger partial charge in [-0.15, -0.1) is 0 Å². The molecule has 6 aromatic heterocycles. The molecule has 0 atom stereocenters. The maximum Gasteiger partial charge on any atom is 0.240 e. The van der Waals surface area contributed by atoms with Crippen molar-refractivity contribution >= 4 is 41.1 Å². The minimum absolute atomic E-state index is 0.0133. The Bertz CT molecular complexity index is 4860. The minimum Gasteiger partial charge on any atom is -0.395 e. The first-order valence-corrected chi connectivity index (χ1v) is 41.3. The van der Waals surface area contributed by atoms with Crippen molar-refractivity contribution in [1.82, 2.24) is 73.8 Å². The Morgan fingerprint density at radius 2 is 0.943 bits per heavy atom. The Morgan fingerprint density at radius 1 is 0.538 bits per heavy atom. The van der Waals surface area contributed by atoms with Crippen LogP contribution in [0, 0.1) is 32.4 Å². The smallest absolute Gasteiger partial charge is 0.240 e. The zero-order valence-corrected chi connectivity index (χ0v) is 65.4. The number of likely N-dealkylation sites (N-methyl/N-ethyl adjacent to an activating group) is 2. The van der Waals surface area contributed by atoms with Crippen LogP contribution in [-0.2, 0) is 49.0 Å². The number of aryl methyl sites for hydroxylation is 3. The van der Waals surface area contributed by atoms with E-state index in [2.05, 4.69) is 73.4 Å². The lowest BCUT2D eigenvalue weighted by atomic mass is 10.0. The van der Waals surface area contributed by atoms with Crippen molar-refractivity contribution in [2.45, 2.75) is 178 Å². The third-order valence-electron chi connectivity index (χ3n) is 19.5. The van der Waals surface area contributed by atoms with Crippen LogP contribution in [0.4, 0.5) is 20.2 Å². The summed E-state index contributed by atoms with van der Waals surface area (Å²) < 4.78 is 113. The molecule has 0 bridgehead atoms. The van der Waals surface area contributed by atoms with Gasteiger partial charge in [0, 0.05) is 144 Å². The number of halogens is 2. The predicted molar refractivity (Wildman–Crippen MR) is 407 cm³/mol. The summed E-state index contributed by atoms with van der Waals surface area (Å²) in [5, 5.41) is 31.4. The molecule has 3 aliphatic rings. The molecule has 106 heavy (non-hydrogen) atoms. The van der Waals surface area contributed by atoms with Gasteiger partial charge in [-0.3, -0.25) is 14.0 Å². The number of benzene rings is 3. The van der Waals surface area contributed by atoms with E-state index in [1.165, 1.54) is 12.1 Å². The van der Waals surface area contributed by atoms with Crippen molar-refractivity contribution in [3.8, 4) is 33.8 Å². The highest BCUT2D eigenvalue weighted by Crippen LogP contribution is 2.34. The first-order valence-electron chi connectivity index (χ1n) is 36.3. The van der Waals surface area contributed by atoms with Crippen LogP contribution in [0.15, 0.2) is 119 Å². The van der Waals surface area contributed by atoms with E-state index in [4.69, 9.17) is 9.97 Å². The van der Waals surface area contributed by atoms with E-state index in [9.17, 15) is 35.5 Å². The second-order valence-corrected chi connectivity index (χ2v) is 34.6. The van der Waals surface area contributed by atoms with Crippen LogP contribution in [-0.4, -0.2) is 201 Å². The highest BCUT2D eigenvalue weighted by atomic mass is 32.2. The molecule has 0 unspecified atom stereocenters. The Balaban J connectivity index is 0.000000172. The minimum atomic E-state index is -3.58. The molecule has 1 saturated carbocycles. The lowest BCUT2D eigenvalue weighted by Crippen LogP contribution is -2.44. The number of aliphatic hydroxyl groups excluding tert-OH is 2. The van der Waals surface area contributed by atoms with Gasteiger partial charge in [-0.05, 0) is 185 Å². The van der Waals surface area contributed by atoms with Crippen LogP contribution in [0.2, 0.25) is 0 Å². The summed E-state index contributed by atoms with van der Waals surface area (Å²) in [5.74, 6) is 1.02. The predicted octanol–water partition coefficient (Wildman–Crippen LogP) is 10.2. The summed E-state index contributed by atoms with van der Waals surface area (Å²) in [6.07, 6.45) is 20.2. The van der Waals surface area contributed by atoms with E-state index in [0.29, 0.717) is 101 Å². The summed E-state index contributed by atoms with van der Waals surface area (Å²) in [6.45, 7) is 23.8. The Kier molecular flexibility index (Phi) is 26.2. The zero-order valence-electron chi connectivity index (χ0n) is 63.0. The SMILES string of the molecule is CCS(=O)(=O)c1nn(C(C)C)cc1-c1nc(Cc2ccc(N3CCC(N(C)CCO)CC3)c(F)c2)ncc1C.Cc1cnc(Cc2ccc(N3CCC(N(C)CCO)CC3)c(F)c2)nc1-c1cn(C(C)C)nc1S(C)(=O)=O.Cc1cnc(Cc2ccc(S(=O)(=O)NC3CC3)cc2)nc1-c1cnn(C(C)C)c1. The number of sulfonamides is 1. The summed E-state index contributed by atoms with van der Waals surface area (Å²) in [5.41, 5.74) is 9.83. The largest absolute Gasteiger partial charge is 0.395 e. The van der Waals surface area contributed by atoms with E-state index in [-0.39, 0.29) is 64.8 Å². The second-order valence-electron chi connectivity index (χ2n) is 28.8. The van der Waals surface area contributed by atoms with Crippen LogP contribution in [0.5, 0.6) is 0 Å². The Hall–Kier alpha value is -8.36. The summed E-state index contributed by atoms with van der Waals surface area (Å²) in [6, 6.07) is 18.5. The fourth-order valence-electron chi connectivity index (χ4n) is 12.9. The van der Waals surface area contributed by atoms with E-state index in [1.54, 1.807) is 53.2 Å². The van der Waals surface area contributed by atoms with Gasteiger partial charge in [0.1, 0.15) is 29.1 Å². The summed E-state index contributed by atoms with van der Waals surface area (Å²) in [4.78, 5) is 36.2. The quantitative estimate of drug-likeness (QED) is 0.0454. The van der Waals surface area contributed by atoms with Gasteiger partial charge in [0.25, 0.3) is 0 Å². The summed E-state index contributed by atoms with van der Waals surface area (Å²) >= 11 is 0. The second kappa shape index (κ2) is 34.7. The zero-order chi connectivity index (χ0) is 76.5. The normalized spacial score (nSPS) is 14.9. The van der Waals surface area contributed by atoms with Gasteiger partial charge >= 0.3 is 0 Å². The number of rotatable bonds is 26. The molecule has 0 amide bonds. The molecule has 3 aromatic carbocycles. The van der Waals surface area contributed by atoms with Crippen LogP contribution >= 0.6 is 0 Å². The van der Waals surface area contributed by atoms with Gasteiger partial charge in [-0.25, -0.2) is 68.7 Å². The average Bonchev–Trinajstić information content (AvgIpc) is 1.62. The summed E-state index contributed by atoms with van der Waals surface area (Å²) in [7, 11) is -6.54. The number of anilines is 2. The maximum atomic E-state index is 15.2. The first-order chi connectivity index (χ1) is 50.3. The van der Waals surface area contributed by atoms with Gasteiger partial charge < -0.3 is 29.8 Å². The monoisotopic (exact) mass is 1510 g/mol. The number of nitrogens with one attached hydrogen (secondary N) is 1. The van der Waals surface area contributed by atoms with Crippen LogP contribution in [0.1, 0.15) is 156 Å². The van der Waals surface area contributed by atoms with E-state index < -0.39 is 29.7 Å². The van der Waals surface area contributed by atoms with Crippen LogP contribution < -0.4 is 14.5 Å². The van der Waals surface area contributed by atoms with Gasteiger partial charge in [0.15, 0.2) is 29.7 Å². The molecule has 8 heterocycles. The molecule has 12 rings (SSSR count). The maximum absolute atomic E-state index is 15.2. The molecule has 9 aromatic rings. The van der Waals surface area contributed by atoms with Crippen molar-refractivity contribution < 1.29 is 44.2 Å². The molecule has 1 aliphatic carbocycles. The standard InChI is InChI=1S/C28H39FN6O3S.C27H37FN6O3S.C21H25N5O2S/c1-6-39(37,38)28-23(18-35(32-28)19(2)3)27-20(4)17-30-26(31-27)16-21-7-8-25(24(29)15-21)34-11-9-22(10-12-34)33(5)13-14-36;1-18(2)34-17-22(27(31-34)38(5,36)37)26-19(3)16-29-25(30-26)15-20-6-7-24(23(28)14-20)33-10-8-21(9-11-33)32(4)12-13-35;1-14(2)26-13-17(12-23-26)21-15(3)11-22-20(24-21)10-16-4-8-19(9-5-16)29(27,28)25-18-6-7-18/h7-8,15,17-19,22,36H,6,9-14,16H2,1-5H3;6-7,14,16-18,21,35H,8-13,15H2,1-5H3;4-5,8-9,11-14,18,25H,6-7,10H2,1-3H3. The van der Waals surface area contributed by atoms with Crippen molar-refractivity contribution in [1.29, 1.82) is 0 Å². The van der Waals surface area contributed by atoms with Gasteiger partial charge in [-0.2, -0.15) is 15.3 Å². The molecule has 3 fully saturated rings. The first kappa shape index (κ1) is 80.2. The number of hydrogen-bond acceptors (Lipinski definition) is 21. The lowest BCUT2D eigenvalue weighted by molar-refractivity contribution is 0.161. The number of nitrogens with zero attached hydrogens (tertiary/aromatic N) is 16. The Morgan fingerprint density at radius 3 is 1.34 bits per heavy atom. The van der Waals surface area contributed by atoms with Gasteiger partial charge in [0.2, 0.25) is 10.0 Å². The van der Waals surface area contributed by atoms with Gasteiger partial charge in [-0.1, -0.05) is 31.2 Å². The highest BCUT2D eigenvalue weighted by Gasteiger charge is 2.31. The van der Waals surface area contributed by atoms with Crippen molar-refractivity contribution in [3.05, 3.63) is 167 Å².